The number of furan rings is 1. The van der Waals surface area contributed by atoms with Gasteiger partial charge < -0.3 is 9.73 Å². The highest BCUT2D eigenvalue weighted by atomic mass is 35.5. The van der Waals surface area contributed by atoms with Gasteiger partial charge in [0.05, 0.1) is 5.69 Å². The van der Waals surface area contributed by atoms with Gasteiger partial charge in [-0.15, -0.1) is 0 Å². The molecule has 3 aromatic rings. The lowest BCUT2D eigenvalue weighted by atomic mass is 10.2. The molecule has 0 aliphatic rings. The summed E-state index contributed by atoms with van der Waals surface area (Å²) in [5.74, 6) is 0. The number of para-hydroxylation sites is 1. The normalized spacial score (nSPS) is 10.8. The molecule has 96 valence electrons. The number of nitrogens with one attached hydrogen (secondary N) is 1. The third-order valence-electron chi connectivity index (χ3n) is 2.86. The van der Waals surface area contributed by atoms with E-state index in [9.17, 15) is 0 Å². The summed E-state index contributed by atoms with van der Waals surface area (Å²) >= 11 is 12.1. The molecule has 0 spiro atoms. The smallest absolute Gasteiger partial charge is 0.199 e. The number of halogens is 2. The van der Waals surface area contributed by atoms with Crippen LogP contribution in [0.5, 0.6) is 0 Å². The van der Waals surface area contributed by atoms with Gasteiger partial charge in [-0.3, -0.25) is 0 Å². The highest BCUT2D eigenvalue weighted by molar-refractivity contribution is 6.32. The fourth-order valence-electron chi connectivity index (χ4n) is 1.94. The SMILES string of the molecule is Clc1ncccc1NCc1c(Cl)oc2ccccc12. The number of hydrogen-bond donors (Lipinski definition) is 1. The maximum atomic E-state index is 6.12. The first kappa shape index (κ1) is 12.3. The second-order valence-corrected chi connectivity index (χ2v) is 4.75. The third kappa shape index (κ3) is 2.39. The molecule has 0 radical (unpaired) electrons. The topological polar surface area (TPSA) is 38.1 Å². The molecule has 0 aliphatic carbocycles. The summed E-state index contributed by atoms with van der Waals surface area (Å²) in [6.45, 7) is 0.529. The Hall–Kier alpha value is -1.71. The van der Waals surface area contributed by atoms with Crippen LogP contribution in [-0.2, 0) is 6.54 Å². The van der Waals surface area contributed by atoms with Crippen LogP contribution in [0.1, 0.15) is 5.56 Å². The fourth-order valence-corrected chi connectivity index (χ4v) is 2.37. The number of hydrogen-bond acceptors (Lipinski definition) is 3. The minimum absolute atomic E-state index is 0.397. The lowest BCUT2D eigenvalue weighted by Gasteiger charge is -2.06. The van der Waals surface area contributed by atoms with E-state index in [1.807, 2.05) is 36.4 Å². The second kappa shape index (κ2) is 5.11. The van der Waals surface area contributed by atoms with Crippen molar-refractivity contribution in [1.29, 1.82) is 0 Å². The first-order valence-corrected chi connectivity index (χ1v) is 6.51. The number of pyridine rings is 1. The second-order valence-electron chi connectivity index (χ2n) is 4.05. The van der Waals surface area contributed by atoms with Crippen molar-refractivity contribution in [2.75, 3.05) is 5.32 Å². The molecule has 5 heteroatoms. The summed E-state index contributed by atoms with van der Waals surface area (Å²) in [4.78, 5) is 4.01. The number of anilines is 1. The summed E-state index contributed by atoms with van der Waals surface area (Å²) < 4.78 is 5.49. The van der Waals surface area contributed by atoms with Gasteiger partial charge in [0.1, 0.15) is 5.58 Å². The van der Waals surface area contributed by atoms with E-state index >= 15 is 0 Å². The Labute approximate surface area is 120 Å². The summed E-state index contributed by atoms with van der Waals surface area (Å²) in [5, 5.41) is 5.04. The van der Waals surface area contributed by atoms with Crippen molar-refractivity contribution in [3.05, 3.63) is 58.5 Å². The number of rotatable bonds is 3. The van der Waals surface area contributed by atoms with E-state index in [1.165, 1.54) is 0 Å². The van der Waals surface area contributed by atoms with Gasteiger partial charge in [-0.2, -0.15) is 0 Å². The minimum Gasteiger partial charge on any atom is -0.444 e. The van der Waals surface area contributed by atoms with E-state index in [0.29, 0.717) is 16.9 Å². The molecule has 0 aliphatic heterocycles. The zero-order chi connectivity index (χ0) is 13.2. The van der Waals surface area contributed by atoms with Crippen molar-refractivity contribution < 1.29 is 4.42 Å². The van der Waals surface area contributed by atoms with E-state index in [0.717, 1.165) is 22.2 Å². The Bertz CT molecular complexity index is 724. The molecule has 0 bridgehead atoms. The zero-order valence-electron chi connectivity index (χ0n) is 9.86. The summed E-state index contributed by atoms with van der Waals surface area (Å²) in [6.07, 6.45) is 1.65. The largest absolute Gasteiger partial charge is 0.444 e. The Morgan fingerprint density at radius 3 is 2.79 bits per heavy atom. The molecule has 3 rings (SSSR count). The first-order valence-electron chi connectivity index (χ1n) is 5.76. The standard InChI is InChI=1S/C14H10Cl2N2O/c15-13-11(5-3-7-17-13)18-8-10-9-4-1-2-6-12(9)19-14(10)16/h1-7,18H,8H2. The lowest BCUT2D eigenvalue weighted by Crippen LogP contribution is -2.00. The van der Waals surface area contributed by atoms with Crippen molar-refractivity contribution in [2.45, 2.75) is 6.54 Å². The number of nitrogens with zero attached hydrogens (tertiary/aromatic N) is 1. The monoisotopic (exact) mass is 292 g/mol. The molecule has 19 heavy (non-hydrogen) atoms. The molecule has 2 heterocycles. The van der Waals surface area contributed by atoms with Crippen LogP contribution in [0.3, 0.4) is 0 Å². The number of fused-ring (bicyclic) bond motifs is 1. The van der Waals surface area contributed by atoms with Crippen molar-refractivity contribution in [3.8, 4) is 0 Å². The van der Waals surface area contributed by atoms with Crippen LogP contribution in [0.25, 0.3) is 11.0 Å². The van der Waals surface area contributed by atoms with Crippen molar-refractivity contribution in [2.24, 2.45) is 0 Å². The van der Waals surface area contributed by atoms with Gasteiger partial charge in [0.15, 0.2) is 10.4 Å². The van der Waals surface area contributed by atoms with E-state index in [2.05, 4.69) is 10.3 Å². The van der Waals surface area contributed by atoms with Gasteiger partial charge in [0.2, 0.25) is 0 Å². The van der Waals surface area contributed by atoms with E-state index in [4.69, 9.17) is 27.6 Å². The van der Waals surface area contributed by atoms with Crippen LogP contribution in [0.4, 0.5) is 5.69 Å². The van der Waals surface area contributed by atoms with Crippen molar-refractivity contribution in [1.82, 2.24) is 4.98 Å². The predicted octanol–water partition coefficient (Wildman–Crippen LogP) is 4.75. The summed E-state index contributed by atoms with van der Waals surface area (Å²) in [6, 6.07) is 11.4. The fraction of sp³-hybridized carbons (Fsp3) is 0.0714. The summed E-state index contributed by atoms with van der Waals surface area (Å²) in [7, 11) is 0. The average molecular weight is 293 g/mol. The molecule has 0 fully saturated rings. The molecule has 1 N–H and O–H groups in total. The van der Waals surface area contributed by atoms with Crippen LogP contribution in [-0.4, -0.2) is 4.98 Å². The lowest BCUT2D eigenvalue weighted by molar-refractivity contribution is 0.613. The zero-order valence-corrected chi connectivity index (χ0v) is 11.4. The Kier molecular flexibility index (Phi) is 3.32. The molecule has 0 amide bonds. The highest BCUT2D eigenvalue weighted by Gasteiger charge is 2.12. The average Bonchev–Trinajstić information content (AvgIpc) is 2.74. The first-order chi connectivity index (χ1) is 9.25. The Morgan fingerprint density at radius 1 is 1.11 bits per heavy atom. The number of benzene rings is 1. The van der Waals surface area contributed by atoms with Gasteiger partial charge in [0, 0.05) is 23.7 Å². The van der Waals surface area contributed by atoms with Gasteiger partial charge in [-0.25, -0.2) is 4.98 Å². The third-order valence-corrected chi connectivity index (χ3v) is 3.47. The van der Waals surface area contributed by atoms with Gasteiger partial charge in [0.25, 0.3) is 0 Å². The molecule has 3 nitrogen and oxygen atoms in total. The highest BCUT2D eigenvalue weighted by Crippen LogP contribution is 2.30. The molecule has 0 saturated heterocycles. The van der Waals surface area contributed by atoms with Gasteiger partial charge >= 0.3 is 0 Å². The van der Waals surface area contributed by atoms with Crippen molar-refractivity contribution >= 4 is 39.9 Å². The van der Waals surface area contributed by atoms with E-state index < -0.39 is 0 Å². The maximum Gasteiger partial charge on any atom is 0.199 e. The van der Waals surface area contributed by atoms with E-state index in [1.54, 1.807) is 6.20 Å². The predicted molar refractivity (Wildman–Crippen MR) is 77.8 cm³/mol. The minimum atomic E-state index is 0.397. The van der Waals surface area contributed by atoms with Crippen LogP contribution >= 0.6 is 23.2 Å². The van der Waals surface area contributed by atoms with Crippen LogP contribution < -0.4 is 5.32 Å². The maximum absolute atomic E-state index is 6.12. The Morgan fingerprint density at radius 2 is 1.95 bits per heavy atom. The molecule has 1 aromatic carbocycles. The molecule has 0 saturated carbocycles. The van der Waals surface area contributed by atoms with Crippen LogP contribution in [0.15, 0.2) is 47.0 Å². The van der Waals surface area contributed by atoms with Crippen LogP contribution in [0.2, 0.25) is 10.4 Å². The molecule has 0 unspecified atom stereocenters. The molecule has 0 atom stereocenters. The van der Waals surface area contributed by atoms with Gasteiger partial charge in [-0.1, -0.05) is 29.8 Å². The summed E-state index contributed by atoms with van der Waals surface area (Å²) in [5.41, 5.74) is 2.46. The molecular weight excluding hydrogens is 283 g/mol. The van der Waals surface area contributed by atoms with Gasteiger partial charge in [-0.05, 0) is 29.8 Å². The molecule has 2 aromatic heterocycles. The van der Waals surface area contributed by atoms with Crippen LogP contribution in [0, 0.1) is 0 Å². The number of aromatic nitrogens is 1. The van der Waals surface area contributed by atoms with E-state index in [-0.39, 0.29) is 0 Å². The quantitative estimate of drug-likeness (QED) is 0.708. The van der Waals surface area contributed by atoms with Crippen molar-refractivity contribution in [3.63, 3.8) is 0 Å². The Balaban J connectivity index is 1.90. The molecular formula is C14H10Cl2N2O.